The van der Waals surface area contributed by atoms with Crippen molar-refractivity contribution in [2.45, 2.75) is 40.8 Å². The Balaban J connectivity index is 1.73. The molecule has 0 saturated carbocycles. The summed E-state index contributed by atoms with van der Waals surface area (Å²) in [5.74, 6) is 0. The molecule has 0 atom stereocenters. The van der Waals surface area contributed by atoms with E-state index < -0.39 is 0 Å². The van der Waals surface area contributed by atoms with Crippen LogP contribution in [0.15, 0.2) is 81.1 Å². The van der Waals surface area contributed by atoms with Gasteiger partial charge in [-0.05, 0) is 38.8 Å². The van der Waals surface area contributed by atoms with Crippen molar-refractivity contribution >= 4 is 22.8 Å². The van der Waals surface area contributed by atoms with Gasteiger partial charge in [0.05, 0.1) is 49.5 Å². The third-order valence-electron chi connectivity index (χ3n) is 5.71. The van der Waals surface area contributed by atoms with Crippen molar-refractivity contribution in [3.8, 4) is 0 Å². The Labute approximate surface area is 214 Å². The number of hydrogen-bond donors (Lipinski definition) is 4. The van der Waals surface area contributed by atoms with Crippen LogP contribution in [0.3, 0.4) is 0 Å². The molecule has 0 radical (unpaired) electrons. The van der Waals surface area contributed by atoms with Gasteiger partial charge < -0.3 is 0 Å². The van der Waals surface area contributed by atoms with E-state index in [1.165, 1.54) is 11.1 Å². The summed E-state index contributed by atoms with van der Waals surface area (Å²) in [6.45, 7) is 11.5. The van der Waals surface area contributed by atoms with Crippen LogP contribution in [0.25, 0.3) is 0 Å². The summed E-state index contributed by atoms with van der Waals surface area (Å²) < 4.78 is 0. The van der Waals surface area contributed by atoms with Crippen molar-refractivity contribution in [2.75, 3.05) is 26.7 Å². The van der Waals surface area contributed by atoms with E-state index in [4.69, 9.17) is 0 Å². The topological polar surface area (TPSA) is 104 Å². The maximum absolute atomic E-state index is 4.52. The standard InChI is InChI=1S/C26H38N10/c1-21-22(2)32-28-18-36(16-26-13-9-6-10-14-26)20-30-34-24(4)23(3)33-29-19-35(17-27-31-21)15-25-11-7-5-8-12-25/h5-14,27-30H,15-20H2,1-4H3/b31-21-,32-22+,33-23+,34-24-. The smallest absolute Gasteiger partial charge is 0.0865 e. The lowest BCUT2D eigenvalue weighted by atomic mass is 10.2. The van der Waals surface area contributed by atoms with E-state index in [1.807, 2.05) is 64.1 Å². The van der Waals surface area contributed by atoms with Gasteiger partial charge in [-0.25, -0.2) is 0 Å². The lowest BCUT2D eigenvalue weighted by Gasteiger charge is -2.23. The van der Waals surface area contributed by atoms with Gasteiger partial charge in [-0.2, -0.15) is 20.4 Å². The molecule has 10 nitrogen and oxygen atoms in total. The first-order valence-electron chi connectivity index (χ1n) is 12.1. The predicted octanol–water partition coefficient (Wildman–Crippen LogP) is 2.70. The molecule has 36 heavy (non-hydrogen) atoms. The monoisotopic (exact) mass is 490 g/mol. The van der Waals surface area contributed by atoms with Gasteiger partial charge in [0.25, 0.3) is 0 Å². The number of nitrogens with one attached hydrogen (secondary N) is 4. The molecule has 0 aliphatic carbocycles. The van der Waals surface area contributed by atoms with Crippen LogP contribution in [0.2, 0.25) is 0 Å². The molecule has 0 amide bonds. The number of benzene rings is 2. The molecule has 1 aliphatic rings. The molecule has 4 N–H and O–H groups in total. The van der Waals surface area contributed by atoms with Crippen LogP contribution in [0.4, 0.5) is 0 Å². The quantitative estimate of drug-likeness (QED) is 0.525. The van der Waals surface area contributed by atoms with E-state index in [9.17, 15) is 0 Å². The minimum atomic E-state index is 0.550. The number of hydrogen-bond acceptors (Lipinski definition) is 10. The molecule has 10 heteroatoms. The van der Waals surface area contributed by atoms with Crippen molar-refractivity contribution in [3.05, 3.63) is 71.8 Å². The minimum absolute atomic E-state index is 0.550. The largest absolute Gasteiger partial charge is 0.295 e. The highest BCUT2D eigenvalue weighted by Gasteiger charge is 2.08. The molecule has 1 heterocycles. The third kappa shape index (κ3) is 9.47. The van der Waals surface area contributed by atoms with Crippen LogP contribution >= 0.6 is 0 Å². The van der Waals surface area contributed by atoms with E-state index >= 15 is 0 Å². The first-order chi connectivity index (χ1) is 17.5. The van der Waals surface area contributed by atoms with Crippen LogP contribution in [-0.4, -0.2) is 59.3 Å². The fourth-order valence-electron chi connectivity index (χ4n) is 3.36. The van der Waals surface area contributed by atoms with E-state index in [2.05, 4.69) is 76.2 Å². The van der Waals surface area contributed by atoms with Crippen molar-refractivity contribution < 1.29 is 0 Å². The first-order valence-corrected chi connectivity index (χ1v) is 12.1. The van der Waals surface area contributed by atoms with Gasteiger partial charge in [0.2, 0.25) is 0 Å². The molecule has 0 saturated heterocycles. The van der Waals surface area contributed by atoms with Crippen molar-refractivity contribution in [3.63, 3.8) is 0 Å². The summed E-state index contributed by atoms with van der Waals surface area (Å²) >= 11 is 0. The average Bonchev–Trinajstić information content (AvgIpc) is 2.88. The van der Waals surface area contributed by atoms with E-state index in [0.717, 1.165) is 35.9 Å². The number of nitrogens with zero attached hydrogens (tertiary/aromatic N) is 6. The highest BCUT2D eigenvalue weighted by Crippen LogP contribution is 2.04. The maximum atomic E-state index is 4.52. The molecule has 192 valence electrons. The molecule has 0 aromatic heterocycles. The van der Waals surface area contributed by atoms with Gasteiger partial charge in [-0.1, -0.05) is 60.7 Å². The first kappa shape index (κ1) is 26.8. The molecule has 0 spiro atoms. The summed E-state index contributed by atoms with van der Waals surface area (Å²) in [6, 6.07) is 20.7. The molecule has 2 aromatic carbocycles. The maximum Gasteiger partial charge on any atom is 0.0865 e. The molecule has 3 rings (SSSR count). The fraction of sp³-hybridized carbons (Fsp3) is 0.385. The number of rotatable bonds is 4. The summed E-state index contributed by atoms with van der Waals surface area (Å²) in [4.78, 5) is 4.37. The molecule has 0 bridgehead atoms. The van der Waals surface area contributed by atoms with Crippen LogP contribution in [0.5, 0.6) is 0 Å². The zero-order valence-corrected chi connectivity index (χ0v) is 21.7. The normalized spacial score (nSPS) is 23.2. The zero-order chi connectivity index (χ0) is 25.6. The van der Waals surface area contributed by atoms with Crippen LogP contribution < -0.4 is 21.7 Å². The Morgan fingerprint density at radius 2 is 0.778 bits per heavy atom. The molecular formula is C26H38N10. The zero-order valence-electron chi connectivity index (χ0n) is 21.7. The Morgan fingerprint density at radius 3 is 1.06 bits per heavy atom. The van der Waals surface area contributed by atoms with Crippen LogP contribution in [0, 0.1) is 0 Å². The predicted molar refractivity (Wildman–Crippen MR) is 148 cm³/mol. The van der Waals surface area contributed by atoms with E-state index in [0.29, 0.717) is 26.7 Å². The van der Waals surface area contributed by atoms with Gasteiger partial charge in [0.15, 0.2) is 0 Å². The number of hydrazone groups is 4. The highest BCUT2D eigenvalue weighted by molar-refractivity contribution is 6.40. The van der Waals surface area contributed by atoms with Crippen molar-refractivity contribution in [1.82, 2.24) is 31.5 Å². The van der Waals surface area contributed by atoms with Crippen LogP contribution in [-0.2, 0) is 13.1 Å². The Morgan fingerprint density at radius 1 is 0.500 bits per heavy atom. The van der Waals surface area contributed by atoms with Gasteiger partial charge in [0.1, 0.15) is 0 Å². The fourth-order valence-corrected chi connectivity index (χ4v) is 3.36. The molecule has 2 aromatic rings. The summed E-state index contributed by atoms with van der Waals surface area (Å²) in [7, 11) is 0. The average molecular weight is 491 g/mol. The lowest BCUT2D eigenvalue weighted by Crippen LogP contribution is -2.39. The highest BCUT2D eigenvalue weighted by atomic mass is 15.5. The third-order valence-corrected chi connectivity index (χ3v) is 5.71. The second-order valence-corrected chi connectivity index (χ2v) is 8.68. The van der Waals surface area contributed by atoms with Crippen molar-refractivity contribution in [1.29, 1.82) is 0 Å². The van der Waals surface area contributed by atoms with E-state index in [1.54, 1.807) is 0 Å². The SMILES string of the molecule is CC1=N/NCN(Cc2ccccc2)CN/N=C(C)/C(C)=N\NCN(Cc2ccccc2)CN\N=C\1C. The van der Waals surface area contributed by atoms with Crippen LogP contribution in [0.1, 0.15) is 38.8 Å². The summed E-state index contributed by atoms with van der Waals surface area (Å²) in [5, 5.41) is 18.1. The molecule has 0 unspecified atom stereocenters. The van der Waals surface area contributed by atoms with Gasteiger partial charge in [-0.15, -0.1) is 0 Å². The van der Waals surface area contributed by atoms with Crippen molar-refractivity contribution in [2.24, 2.45) is 20.4 Å². The lowest BCUT2D eigenvalue weighted by molar-refractivity contribution is 0.228. The second kappa shape index (κ2) is 14.6. The summed E-state index contributed by atoms with van der Waals surface area (Å²) in [5.41, 5.74) is 18.4. The minimum Gasteiger partial charge on any atom is -0.295 e. The molecular weight excluding hydrogens is 452 g/mol. The Hall–Kier alpha value is -3.76. The van der Waals surface area contributed by atoms with E-state index in [-0.39, 0.29) is 0 Å². The molecule has 0 fully saturated rings. The Bertz CT molecular complexity index is 917. The summed E-state index contributed by atoms with van der Waals surface area (Å²) in [6.07, 6.45) is 0. The second-order valence-electron chi connectivity index (χ2n) is 8.68. The van der Waals surface area contributed by atoms with Gasteiger partial charge in [0, 0.05) is 13.1 Å². The Kier molecular flexibility index (Phi) is 10.9. The van der Waals surface area contributed by atoms with Gasteiger partial charge in [-0.3, -0.25) is 31.5 Å². The molecule has 1 aliphatic heterocycles. The van der Waals surface area contributed by atoms with Gasteiger partial charge >= 0.3 is 0 Å².